The van der Waals surface area contributed by atoms with Gasteiger partial charge in [0.15, 0.2) is 18.9 Å². The molecule has 40 nitrogen and oxygen atoms in total. The Morgan fingerprint density at radius 3 is 0.823 bits per heavy atom. The fourth-order valence-corrected chi connectivity index (χ4v) is 12.3. The van der Waals surface area contributed by atoms with Crippen LogP contribution in [0.3, 0.4) is 0 Å². The third-order valence-corrected chi connectivity index (χ3v) is 18.5. The number of nitrogens with one attached hydrogen (secondary N) is 10. The van der Waals surface area contributed by atoms with E-state index in [9.17, 15) is 98.7 Å². The highest BCUT2D eigenvalue weighted by Crippen LogP contribution is 2.26. The summed E-state index contributed by atoms with van der Waals surface area (Å²) < 4.78 is 52.0. The number of aliphatic carboxylic acids is 1. The van der Waals surface area contributed by atoms with Gasteiger partial charge in [0, 0.05) is 131 Å². The summed E-state index contributed by atoms with van der Waals surface area (Å²) in [4.78, 5) is 137. The van der Waals surface area contributed by atoms with Crippen molar-refractivity contribution in [1.82, 2.24) is 53.2 Å². The van der Waals surface area contributed by atoms with E-state index in [1.165, 1.54) is 20.8 Å². The van der Waals surface area contributed by atoms with E-state index in [0.717, 1.165) is 38.5 Å². The number of hydrogen-bond donors (Lipinski definition) is 20. The van der Waals surface area contributed by atoms with E-state index in [0.29, 0.717) is 70.6 Å². The highest BCUT2D eigenvalue weighted by molar-refractivity contribution is 5.79. The Labute approximate surface area is 659 Å². The molecule has 10 amide bonds. The van der Waals surface area contributed by atoms with Crippen molar-refractivity contribution in [2.45, 2.75) is 279 Å². The fourth-order valence-electron chi connectivity index (χ4n) is 12.3. The minimum atomic E-state index is -1.46. The maximum atomic E-state index is 13.9. The molecule has 113 heavy (non-hydrogen) atoms. The van der Waals surface area contributed by atoms with Gasteiger partial charge in [-0.2, -0.15) is 0 Å². The minimum absolute atomic E-state index is 0.0755. The molecule has 3 saturated heterocycles. The third kappa shape index (κ3) is 43.3. The summed E-state index contributed by atoms with van der Waals surface area (Å²) in [5.41, 5.74) is -1.42. The van der Waals surface area contributed by atoms with Crippen LogP contribution in [-0.4, -0.2) is 332 Å². The summed E-state index contributed by atoms with van der Waals surface area (Å²) >= 11 is 0. The smallest absolute Gasteiger partial charge is 0.303 e. The van der Waals surface area contributed by atoms with E-state index in [-0.39, 0.29) is 191 Å². The van der Waals surface area contributed by atoms with E-state index in [2.05, 4.69) is 53.2 Å². The molecule has 3 fully saturated rings. The van der Waals surface area contributed by atoms with Gasteiger partial charge in [-0.05, 0) is 70.6 Å². The molecule has 0 saturated carbocycles. The zero-order chi connectivity index (χ0) is 83.4. The van der Waals surface area contributed by atoms with Gasteiger partial charge in [-0.1, -0.05) is 38.5 Å². The highest BCUT2D eigenvalue weighted by Gasteiger charge is 2.48. The van der Waals surface area contributed by atoms with Gasteiger partial charge in [0.05, 0.1) is 59.5 Å². The van der Waals surface area contributed by atoms with E-state index in [1.54, 1.807) is 0 Å². The molecule has 3 aliphatic rings. The van der Waals surface area contributed by atoms with Crippen molar-refractivity contribution in [3.63, 3.8) is 0 Å². The largest absolute Gasteiger partial charge is 0.481 e. The van der Waals surface area contributed by atoms with Crippen LogP contribution in [0.1, 0.15) is 181 Å². The first-order valence-electron chi connectivity index (χ1n) is 39.5. The lowest BCUT2D eigenvalue weighted by atomic mass is 9.97. The van der Waals surface area contributed by atoms with Gasteiger partial charge in [0.2, 0.25) is 59.1 Å². The average Bonchev–Trinajstić information content (AvgIpc) is 0.816. The van der Waals surface area contributed by atoms with Crippen molar-refractivity contribution in [1.29, 1.82) is 0 Å². The molecular formula is C73H130N10O30. The van der Waals surface area contributed by atoms with Crippen LogP contribution in [0, 0.1) is 0 Å². The van der Waals surface area contributed by atoms with Gasteiger partial charge in [0.1, 0.15) is 78.6 Å². The van der Waals surface area contributed by atoms with Crippen LogP contribution in [0.25, 0.3) is 0 Å². The van der Waals surface area contributed by atoms with Gasteiger partial charge in [-0.25, -0.2) is 0 Å². The van der Waals surface area contributed by atoms with E-state index in [4.69, 9.17) is 47.7 Å². The summed E-state index contributed by atoms with van der Waals surface area (Å²) in [6.45, 7) is 2.33. The van der Waals surface area contributed by atoms with Gasteiger partial charge in [-0.15, -0.1) is 0 Å². The molecule has 3 rings (SSSR count). The number of amides is 10. The number of hydrogen-bond acceptors (Lipinski definition) is 29. The Morgan fingerprint density at radius 1 is 0.310 bits per heavy atom. The van der Waals surface area contributed by atoms with Crippen LogP contribution >= 0.6 is 0 Å². The summed E-state index contributed by atoms with van der Waals surface area (Å²) in [7, 11) is 0. The zero-order valence-electron chi connectivity index (χ0n) is 65.7. The maximum absolute atomic E-state index is 13.9. The Balaban J connectivity index is 1.55. The summed E-state index contributed by atoms with van der Waals surface area (Å²) in [6.07, 6.45) is -5.59. The monoisotopic (exact) mass is 1630 g/mol. The normalized spacial score (nSPS) is 24.0. The topological polar surface area (TPSA) is 593 Å². The molecule has 0 spiro atoms. The number of carboxylic acids is 1. The molecule has 20 N–H and O–H groups in total. The molecule has 3 heterocycles. The van der Waals surface area contributed by atoms with Gasteiger partial charge in [0.25, 0.3) is 0 Å². The molecule has 15 atom stereocenters. The first-order valence-corrected chi connectivity index (χ1v) is 39.5. The summed E-state index contributed by atoms with van der Waals surface area (Å²) in [6, 6.07) is -3.29. The number of carbonyl (C=O) groups is 11. The second-order valence-corrected chi connectivity index (χ2v) is 28.4. The number of aliphatic hydroxyl groups excluding tert-OH is 9. The lowest BCUT2D eigenvalue weighted by molar-refractivity contribution is -0.270. The van der Waals surface area contributed by atoms with Crippen molar-refractivity contribution in [3.8, 4) is 0 Å². The van der Waals surface area contributed by atoms with Crippen molar-refractivity contribution in [2.24, 2.45) is 0 Å². The minimum Gasteiger partial charge on any atom is -0.481 e. The lowest BCUT2D eigenvalue weighted by Crippen LogP contribution is -2.64. The zero-order valence-corrected chi connectivity index (χ0v) is 65.7. The Kier molecular flexibility index (Phi) is 52.7. The van der Waals surface area contributed by atoms with Crippen molar-refractivity contribution >= 4 is 65.0 Å². The van der Waals surface area contributed by atoms with Crippen LogP contribution in [0.4, 0.5) is 0 Å². The third-order valence-electron chi connectivity index (χ3n) is 18.5. The first kappa shape index (κ1) is 101. The molecule has 3 aliphatic heterocycles. The second-order valence-electron chi connectivity index (χ2n) is 28.4. The number of unbranched alkanes of at least 4 members (excludes halogenated alkanes) is 10. The molecule has 0 radical (unpaired) electrons. The molecule has 652 valence electrons. The molecule has 0 aliphatic carbocycles. The maximum Gasteiger partial charge on any atom is 0.303 e. The van der Waals surface area contributed by atoms with Crippen molar-refractivity contribution in [3.05, 3.63) is 0 Å². The molecular weight excluding hydrogens is 1500 g/mol. The second kappa shape index (κ2) is 59.2. The standard InChI is InChI=1S/C73H130N10O30/c1-47(87)80-61-67(102)64(99)50(41-84)111-70(61)108-35-15-12-21-53(90)74-29-18-32-77-56(93)26-38-105-44-73(83-59(96)24-10-8-6-4-5-7-9-11-25-60(97)98,45-106-39-27-57(94)78-33-19-30-75-54(91)22-13-16-36-109-71-62(81-48(2)88)68(103)65(100)51(42-85)112-71)46-107-40-28-58(95)79-34-20-31-76-55(92)23-14-17-37-110-72-63(82-49(3)89)69(104)66(101)52(43-86)113-72/h50-52,61-72,84-86,99-104H,4-46H2,1-3H3,(H,74,90)(H,75,91)(H,76,92)(H,77,93)(H,78,94)(H,79,95)(H,80,87)(H,81,88)(H,82,89)(H,83,96)(H,97,98). The Morgan fingerprint density at radius 2 is 0.558 bits per heavy atom. The van der Waals surface area contributed by atoms with Crippen LogP contribution in [0.15, 0.2) is 0 Å². The van der Waals surface area contributed by atoms with E-state index < -0.39 is 141 Å². The number of rotatable bonds is 63. The SMILES string of the molecule is CC(=O)NC1C(OCCCCC(=O)NCCCNC(=O)CCOCC(COCCC(=O)NCCCNC(=O)CCCCOC2OC(CO)C(O)C(O)C2NC(C)=O)(COCCC(=O)NCCCNC(=O)CCCCOC2OC(CO)C(O)C(O)C2NC(C)=O)NC(=O)CCCCCCCCCCC(=O)O)OC(CO)C(O)C1O. The van der Waals surface area contributed by atoms with Crippen LogP contribution < -0.4 is 53.2 Å². The summed E-state index contributed by atoms with van der Waals surface area (Å²) in [5, 5.41) is 127. The number of ether oxygens (including phenoxy) is 9. The van der Waals surface area contributed by atoms with Crippen LogP contribution in [0.2, 0.25) is 0 Å². The van der Waals surface area contributed by atoms with Crippen LogP contribution in [-0.2, 0) is 95.4 Å². The van der Waals surface area contributed by atoms with Gasteiger partial charge >= 0.3 is 5.97 Å². The molecule has 40 heteroatoms. The van der Waals surface area contributed by atoms with Crippen molar-refractivity contribution < 1.29 is 146 Å². The molecule has 15 unspecified atom stereocenters. The lowest BCUT2D eigenvalue weighted by Gasteiger charge is -2.42. The predicted molar refractivity (Wildman–Crippen MR) is 398 cm³/mol. The average molecular weight is 1630 g/mol. The fraction of sp³-hybridized carbons (Fsp3) is 0.849. The quantitative estimate of drug-likeness (QED) is 0.0255. The van der Waals surface area contributed by atoms with E-state index >= 15 is 0 Å². The number of carboxylic acid groups (broad SMARTS) is 1. The Hall–Kier alpha value is -6.55. The Bertz CT molecular complexity index is 2530. The van der Waals surface area contributed by atoms with Crippen molar-refractivity contribution in [2.75, 3.05) is 119 Å². The first-order chi connectivity index (χ1) is 54.1. The predicted octanol–water partition coefficient (Wildman–Crippen LogP) is -4.69. The molecule has 0 aromatic carbocycles. The van der Waals surface area contributed by atoms with E-state index in [1.807, 2.05) is 0 Å². The molecule has 0 bridgehead atoms. The highest BCUT2D eigenvalue weighted by atomic mass is 16.7. The number of carbonyl (C=O) groups excluding carboxylic acids is 10. The molecule has 0 aromatic heterocycles. The number of aliphatic hydroxyl groups is 9. The van der Waals surface area contributed by atoms with Gasteiger partial charge < -0.3 is 147 Å². The molecule has 0 aromatic rings. The van der Waals surface area contributed by atoms with Crippen LogP contribution in [0.5, 0.6) is 0 Å². The van der Waals surface area contributed by atoms with Gasteiger partial charge in [-0.3, -0.25) is 52.7 Å². The summed E-state index contributed by atoms with van der Waals surface area (Å²) in [5.74, 6) is -4.58.